The molecule has 0 unspecified atom stereocenters. The molecule has 0 bridgehead atoms. The first-order valence-corrected chi connectivity index (χ1v) is 6.48. The van der Waals surface area contributed by atoms with E-state index in [1.807, 2.05) is 12.1 Å². The van der Waals surface area contributed by atoms with Crippen molar-refractivity contribution in [3.63, 3.8) is 0 Å². The first-order chi connectivity index (χ1) is 8.83. The average Bonchev–Trinajstić information content (AvgIpc) is 2.91. The summed E-state index contributed by atoms with van der Waals surface area (Å²) in [4.78, 5) is 2.46. The molecule has 98 valence electrons. The Morgan fingerprint density at radius 1 is 1.33 bits per heavy atom. The monoisotopic (exact) mass is 247 g/mol. The summed E-state index contributed by atoms with van der Waals surface area (Å²) in [5, 5.41) is 8.33. The van der Waals surface area contributed by atoms with Gasteiger partial charge in [-0.3, -0.25) is 0 Å². The van der Waals surface area contributed by atoms with Gasteiger partial charge in [-0.2, -0.15) is 10.2 Å². The van der Waals surface area contributed by atoms with E-state index in [0.29, 0.717) is 0 Å². The maximum absolute atomic E-state index is 5.27. The molecule has 1 saturated heterocycles. The Bertz CT molecular complexity index is 400. The van der Waals surface area contributed by atoms with Crippen LogP contribution in [-0.2, 0) is 0 Å². The second kappa shape index (κ2) is 6.50. The normalized spacial score (nSPS) is 18.3. The fraction of sp³-hybridized carbons (Fsp3) is 0.571. The molecule has 0 aromatic heterocycles. The molecule has 1 atom stereocenters. The lowest BCUT2D eigenvalue weighted by atomic mass is 10.1. The number of hydrogen-bond donors (Lipinski definition) is 0. The van der Waals surface area contributed by atoms with E-state index in [4.69, 9.17) is 4.74 Å². The van der Waals surface area contributed by atoms with Crippen LogP contribution in [0.15, 0.2) is 34.5 Å². The summed E-state index contributed by atoms with van der Waals surface area (Å²) in [7, 11) is 3.42. The lowest BCUT2D eigenvalue weighted by Gasteiger charge is -2.20. The second-order valence-electron chi connectivity index (χ2n) is 4.62. The molecular formula is C14H21N3O. The summed E-state index contributed by atoms with van der Waals surface area (Å²) in [5.41, 5.74) is 1.17. The topological polar surface area (TPSA) is 37.2 Å². The Hall–Kier alpha value is -1.42. The largest absolute Gasteiger partial charge is 0.497 e. The zero-order chi connectivity index (χ0) is 12.8. The molecule has 1 aromatic carbocycles. The van der Waals surface area contributed by atoms with E-state index in [0.717, 1.165) is 12.3 Å². The lowest BCUT2D eigenvalue weighted by Crippen LogP contribution is -2.24. The van der Waals surface area contributed by atoms with Crippen LogP contribution >= 0.6 is 0 Å². The smallest absolute Gasteiger partial charge is 0.119 e. The van der Waals surface area contributed by atoms with Crippen LogP contribution in [0.25, 0.3) is 0 Å². The standard InChI is InChI=1S/C14H21N3O/c1-15-16-14(11-17-8-3-4-9-17)12-6-5-7-13(10-12)18-2/h5-7,10,14H,3-4,8-9,11H2,1-2H3/t14-/m1/s1. The summed E-state index contributed by atoms with van der Waals surface area (Å²) in [6.45, 7) is 3.31. The summed E-state index contributed by atoms with van der Waals surface area (Å²) in [5.74, 6) is 0.880. The highest BCUT2D eigenvalue weighted by Crippen LogP contribution is 2.24. The van der Waals surface area contributed by atoms with Gasteiger partial charge in [0, 0.05) is 13.6 Å². The molecule has 0 spiro atoms. The van der Waals surface area contributed by atoms with Crippen molar-refractivity contribution < 1.29 is 4.74 Å². The third kappa shape index (κ3) is 3.29. The lowest BCUT2D eigenvalue weighted by molar-refractivity contribution is 0.312. The van der Waals surface area contributed by atoms with E-state index in [2.05, 4.69) is 27.3 Å². The second-order valence-corrected chi connectivity index (χ2v) is 4.62. The number of hydrogen-bond acceptors (Lipinski definition) is 4. The first kappa shape index (κ1) is 13.0. The number of benzene rings is 1. The molecule has 0 saturated carbocycles. The molecule has 2 rings (SSSR count). The van der Waals surface area contributed by atoms with Crippen molar-refractivity contribution in [2.75, 3.05) is 33.8 Å². The van der Waals surface area contributed by atoms with Gasteiger partial charge in [0.15, 0.2) is 0 Å². The number of methoxy groups -OCH3 is 1. The van der Waals surface area contributed by atoms with Gasteiger partial charge in [0.2, 0.25) is 0 Å². The molecule has 1 heterocycles. The van der Waals surface area contributed by atoms with Crippen molar-refractivity contribution in [3.8, 4) is 5.75 Å². The van der Waals surface area contributed by atoms with Crippen molar-refractivity contribution in [2.45, 2.75) is 18.9 Å². The molecule has 0 amide bonds. The Labute approximate surface area is 109 Å². The quantitative estimate of drug-likeness (QED) is 0.750. The van der Waals surface area contributed by atoms with E-state index >= 15 is 0 Å². The molecular weight excluding hydrogens is 226 g/mol. The molecule has 1 aliphatic rings. The highest BCUT2D eigenvalue weighted by Gasteiger charge is 2.18. The van der Waals surface area contributed by atoms with Crippen LogP contribution in [0.5, 0.6) is 5.75 Å². The maximum atomic E-state index is 5.27. The number of ether oxygens (including phenoxy) is 1. The minimum Gasteiger partial charge on any atom is -0.497 e. The van der Waals surface area contributed by atoms with Gasteiger partial charge in [-0.05, 0) is 43.6 Å². The number of rotatable bonds is 5. The third-order valence-corrected chi connectivity index (χ3v) is 3.36. The zero-order valence-electron chi connectivity index (χ0n) is 11.2. The molecule has 1 aliphatic heterocycles. The van der Waals surface area contributed by atoms with E-state index in [9.17, 15) is 0 Å². The van der Waals surface area contributed by atoms with Gasteiger partial charge in [0.05, 0.1) is 7.11 Å². The van der Waals surface area contributed by atoms with Gasteiger partial charge in [-0.1, -0.05) is 12.1 Å². The third-order valence-electron chi connectivity index (χ3n) is 3.36. The number of likely N-dealkylation sites (tertiary alicyclic amines) is 1. The Balaban J connectivity index is 2.12. The van der Waals surface area contributed by atoms with Crippen molar-refractivity contribution >= 4 is 0 Å². The molecule has 1 fully saturated rings. The minimum atomic E-state index is 0.114. The van der Waals surface area contributed by atoms with Gasteiger partial charge in [0.1, 0.15) is 11.8 Å². The molecule has 18 heavy (non-hydrogen) atoms. The predicted octanol–water partition coefficient (Wildman–Crippen LogP) is 2.91. The summed E-state index contributed by atoms with van der Waals surface area (Å²) in [6, 6.07) is 8.23. The first-order valence-electron chi connectivity index (χ1n) is 6.48. The van der Waals surface area contributed by atoms with Crippen molar-refractivity contribution in [3.05, 3.63) is 29.8 Å². The van der Waals surface area contributed by atoms with Crippen LogP contribution in [0.1, 0.15) is 24.4 Å². The van der Waals surface area contributed by atoms with Crippen LogP contribution in [0.2, 0.25) is 0 Å². The van der Waals surface area contributed by atoms with Crippen molar-refractivity contribution in [2.24, 2.45) is 10.2 Å². The van der Waals surface area contributed by atoms with Crippen LogP contribution in [0.4, 0.5) is 0 Å². The van der Waals surface area contributed by atoms with E-state index in [1.165, 1.54) is 31.5 Å². The summed E-state index contributed by atoms with van der Waals surface area (Å²) < 4.78 is 5.27. The van der Waals surface area contributed by atoms with Crippen LogP contribution in [-0.4, -0.2) is 38.7 Å². The van der Waals surface area contributed by atoms with Crippen molar-refractivity contribution in [1.29, 1.82) is 0 Å². The Morgan fingerprint density at radius 2 is 2.11 bits per heavy atom. The van der Waals surface area contributed by atoms with Crippen molar-refractivity contribution in [1.82, 2.24) is 4.90 Å². The van der Waals surface area contributed by atoms with Gasteiger partial charge >= 0.3 is 0 Å². The van der Waals surface area contributed by atoms with Crippen LogP contribution in [0, 0.1) is 0 Å². The van der Waals surface area contributed by atoms with Gasteiger partial charge in [-0.25, -0.2) is 0 Å². The number of nitrogens with zero attached hydrogens (tertiary/aromatic N) is 3. The van der Waals surface area contributed by atoms with Crippen LogP contribution in [0.3, 0.4) is 0 Å². The maximum Gasteiger partial charge on any atom is 0.119 e. The highest BCUT2D eigenvalue weighted by molar-refractivity contribution is 5.30. The molecule has 0 N–H and O–H groups in total. The fourth-order valence-corrected chi connectivity index (χ4v) is 2.41. The Morgan fingerprint density at radius 3 is 2.78 bits per heavy atom. The van der Waals surface area contributed by atoms with Gasteiger partial charge in [-0.15, -0.1) is 0 Å². The van der Waals surface area contributed by atoms with E-state index in [-0.39, 0.29) is 6.04 Å². The highest BCUT2D eigenvalue weighted by atomic mass is 16.5. The SMILES string of the molecule is CN=N[C@H](CN1CCCC1)c1cccc(OC)c1. The molecule has 0 radical (unpaired) electrons. The van der Waals surface area contributed by atoms with Gasteiger partial charge in [0.25, 0.3) is 0 Å². The number of azo groups is 1. The summed E-state index contributed by atoms with van der Waals surface area (Å²) >= 11 is 0. The molecule has 0 aliphatic carbocycles. The summed E-state index contributed by atoms with van der Waals surface area (Å²) in [6.07, 6.45) is 2.60. The Kier molecular flexibility index (Phi) is 4.70. The zero-order valence-corrected chi connectivity index (χ0v) is 11.2. The molecule has 4 nitrogen and oxygen atoms in total. The van der Waals surface area contributed by atoms with Gasteiger partial charge < -0.3 is 9.64 Å². The van der Waals surface area contributed by atoms with E-state index < -0.39 is 0 Å². The van der Waals surface area contributed by atoms with Crippen LogP contribution < -0.4 is 4.74 Å². The minimum absolute atomic E-state index is 0.114. The average molecular weight is 247 g/mol. The predicted molar refractivity (Wildman–Crippen MR) is 72.2 cm³/mol. The molecule has 4 heteroatoms. The fourth-order valence-electron chi connectivity index (χ4n) is 2.41. The van der Waals surface area contributed by atoms with E-state index in [1.54, 1.807) is 14.2 Å². The molecule has 1 aromatic rings.